The van der Waals surface area contributed by atoms with Crippen molar-refractivity contribution in [3.63, 3.8) is 0 Å². The van der Waals surface area contributed by atoms with Crippen LogP contribution in [-0.4, -0.2) is 18.1 Å². The predicted octanol–water partition coefficient (Wildman–Crippen LogP) is 1.92. The van der Waals surface area contributed by atoms with E-state index in [1.54, 1.807) is 22.6 Å². The first-order valence-electron chi connectivity index (χ1n) is 4.25. The van der Waals surface area contributed by atoms with Crippen LogP contribution in [0.3, 0.4) is 0 Å². The van der Waals surface area contributed by atoms with E-state index in [2.05, 4.69) is 9.72 Å². The van der Waals surface area contributed by atoms with E-state index in [0.29, 0.717) is 3.57 Å². The van der Waals surface area contributed by atoms with E-state index in [0.717, 1.165) is 0 Å². The number of anilines is 1. The fourth-order valence-corrected chi connectivity index (χ4v) is 1.58. The lowest BCUT2D eigenvalue weighted by molar-refractivity contribution is -0.139. The molecule has 0 spiro atoms. The topological polar surface area (TPSA) is 65.2 Å². The van der Waals surface area contributed by atoms with E-state index in [-0.39, 0.29) is 17.8 Å². The fourth-order valence-electron chi connectivity index (χ4n) is 1.15. The Morgan fingerprint density at radius 2 is 2.31 bits per heavy atom. The van der Waals surface area contributed by atoms with Gasteiger partial charge in [0.1, 0.15) is 0 Å². The van der Waals surface area contributed by atoms with Gasteiger partial charge in [0.05, 0.1) is 34.0 Å². The number of nitrogens with zero attached hydrogens (tertiary/aromatic N) is 1. The van der Waals surface area contributed by atoms with Crippen LogP contribution in [0.25, 0.3) is 0 Å². The first kappa shape index (κ1) is 13.1. The zero-order valence-electron chi connectivity index (χ0n) is 8.34. The maximum Gasteiger partial charge on any atom is 0.311 e. The molecule has 4 nitrogen and oxygen atoms in total. The highest BCUT2D eigenvalue weighted by Crippen LogP contribution is 2.30. The van der Waals surface area contributed by atoms with Crippen LogP contribution in [-0.2, 0) is 16.0 Å². The number of methoxy groups -OCH3 is 1. The van der Waals surface area contributed by atoms with Gasteiger partial charge in [-0.1, -0.05) is 0 Å². The third kappa shape index (κ3) is 2.77. The zero-order chi connectivity index (χ0) is 12.3. The normalized spacial score (nSPS) is 10.6. The van der Waals surface area contributed by atoms with Gasteiger partial charge in [-0.15, -0.1) is 0 Å². The first-order valence-corrected chi connectivity index (χ1v) is 5.33. The molecule has 0 aliphatic carbocycles. The number of nitrogens with two attached hydrogens (primary N) is 1. The van der Waals surface area contributed by atoms with Crippen LogP contribution in [0.1, 0.15) is 17.7 Å². The van der Waals surface area contributed by atoms with Crippen LogP contribution in [0, 0.1) is 3.57 Å². The predicted molar refractivity (Wildman–Crippen MR) is 62.0 cm³/mol. The molecule has 1 aromatic heterocycles. The summed E-state index contributed by atoms with van der Waals surface area (Å²) in [5, 5.41) is 0. The van der Waals surface area contributed by atoms with Crippen LogP contribution in [0.2, 0.25) is 0 Å². The van der Waals surface area contributed by atoms with E-state index in [4.69, 9.17) is 5.73 Å². The fraction of sp³-hybridized carbons (Fsp3) is 0.333. The Labute approximate surface area is 104 Å². The van der Waals surface area contributed by atoms with E-state index >= 15 is 0 Å². The smallest absolute Gasteiger partial charge is 0.311 e. The molecule has 0 aliphatic rings. The molecule has 0 atom stereocenters. The van der Waals surface area contributed by atoms with E-state index in [9.17, 15) is 13.6 Å². The highest BCUT2D eigenvalue weighted by Gasteiger charge is 2.21. The Morgan fingerprint density at radius 3 is 2.81 bits per heavy atom. The molecule has 88 valence electrons. The minimum absolute atomic E-state index is 0.0375. The Morgan fingerprint density at radius 1 is 1.69 bits per heavy atom. The molecule has 0 aromatic carbocycles. The van der Waals surface area contributed by atoms with Crippen LogP contribution in [0.5, 0.6) is 0 Å². The number of rotatable bonds is 3. The van der Waals surface area contributed by atoms with Crippen molar-refractivity contribution in [2.24, 2.45) is 0 Å². The molecule has 16 heavy (non-hydrogen) atoms. The molecule has 0 radical (unpaired) electrons. The Balaban J connectivity index is 3.18. The van der Waals surface area contributed by atoms with Crippen molar-refractivity contribution in [1.82, 2.24) is 4.98 Å². The lowest BCUT2D eigenvalue weighted by Crippen LogP contribution is -2.11. The quantitative estimate of drug-likeness (QED) is 0.673. The maximum atomic E-state index is 12.7. The molecule has 0 saturated heterocycles. The lowest BCUT2D eigenvalue weighted by Gasteiger charge is -2.11. The summed E-state index contributed by atoms with van der Waals surface area (Å²) in [4.78, 5) is 14.8. The molecule has 0 saturated carbocycles. The van der Waals surface area contributed by atoms with Gasteiger partial charge in [-0.05, 0) is 22.6 Å². The Bertz CT molecular complexity index is 413. The largest absolute Gasteiger partial charge is 0.469 e. The number of nitrogen functional groups attached to an aromatic ring is 1. The molecule has 0 bridgehead atoms. The molecule has 1 aromatic rings. The number of alkyl halides is 2. The summed E-state index contributed by atoms with van der Waals surface area (Å²) in [6.07, 6.45) is -1.72. The molecule has 1 heterocycles. The third-order valence-electron chi connectivity index (χ3n) is 1.95. The van der Waals surface area contributed by atoms with Gasteiger partial charge in [-0.3, -0.25) is 9.78 Å². The summed E-state index contributed by atoms with van der Waals surface area (Å²) in [7, 11) is 1.18. The Hall–Kier alpha value is -0.990. The second-order valence-corrected chi connectivity index (χ2v) is 4.10. The number of halogens is 3. The van der Waals surface area contributed by atoms with Crippen molar-refractivity contribution in [1.29, 1.82) is 0 Å². The second kappa shape index (κ2) is 5.37. The SMILES string of the molecule is COC(=O)Cc1ncc(I)c(N)c1C(F)F. The number of ether oxygens (including phenoxy) is 1. The highest BCUT2D eigenvalue weighted by atomic mass is 127. The molecule has 0 fully saturated rings. The first-order chi connectivity index (χ1) is 7.47. The average Bonchev–Trinajstić information content (AvgIpc) is 2.23. The number of carbonyl (C=O) groups excluding carboxylic acids is 1. The molecule has 1 rings (SSSR count). The summed E-state index contributed by atoms with van der Waals surface area (Å²) >= 11 is 1.81. The van der Waals surface area contributed by atoms with Gasteiger partial charge in [-0.25, -0.2) is 8.78 Å². The lowest BCUT2D eigenvalue weighted by atomic mass is 10.1. The van der Waals surface area contributed by atoms with Crippen LogP contribution in [0.15, 0.2) is 6.20 Å². The van der Waals surface area contributed by atoms with Crippen molar-refractivity contribution < 1.29 is 18.3 Å². The van der Waals surface area contributed by atoms with Crippen molar-refractivity contribution in [2.75, 3.05) is 12.8 Å². The van der Waals surface area contributed by atoms with Gasteiger partial charge in [0, 0.05) is 6.20 Å². The molecule has 0 unspecified atom stereocenters. The summed E-state index contributed by atoms with van der Waals surface area (Å²) in [6.45, 7) is 0. The summed E-state index contributed by atoms with van der Waals surface area (Å²) in [5.74, 6) is -0.630. The zero-order valence-corrected chi connectivity index (χ0v) is 10.5. The van der Waals surface area contributed by atoms with Gasteiger partial charge in [0.15, 0.2) is 0 Å². The number of hydrogen-bond donors (Lipinski definition) is 1. The number of aromatic nitrogens is 1. The van der Waals surface area contributed by atoms with Crippen molar-refractivity contribution in [3.05, 3.63) is 21.0 Å². The summed E-state index contributed by atoms with van der Waals surface area (Å²) < 4.78 is 30.3. The van der Waals surface area contributed by atoms with E-state index < -0.39 is 18.0 Å². The minimum Gasteiger partial charge on any atom is -0.469 e. The molecule has 2 N–H and O–H groups in total. The van der Waals surface area contributed by atoms with E-state index in [1.165, 1.54) is 13.3 Å². The second-order valence-electron chi connectivity index (χ2n) is 2.93. The molecule has 0 aliphatic heterocycles. The van der Waals surface area contributed by atoms with Crippen molar-refractivity contribution in [3.8, 4) is 0 Å². The number of pyridine rings is 1. The van der Waals surface area contributed by atoms with Crippen molar-refractivity contribution >= 4 is 34.2 Å². The highest BCUT2D eigenvalue weighted by molar-refractivity contribution is 14.1. The molecule has 0 amide bonds. The standard InChI is InChI=1S/C9H9F2IN2O2/c1-16-6(15)2-5-7(9(10)11)8(13)4(12)3-14-5/h3,9H,2H2,1H3,(H2,13,14). The molecule has 7 heteroatoms. The molecular formula is C9H9F2IN2O2. The van der Waals surface area contributed by atoms with Gasteiger partial charge < -0.3 is 10.5 Å². The van der Waals surface area contributed by atoms with E-state index in [1.807, 2.05) is 0 Å². The van der Waals surface area contributed by atoms with Gasteiger partial charge in [-0.2, -0.15) is 0 Å². The van der Waals surface area contributed by atoms with Gasteiger partial charge in [0.25, 0.3) is 6.43 Å². The summed E-state index contributed by atoms with van der Waals surface area (Å²) in [5.41, 5.74) is 5.05. The minimum atomic E-state index is -2.76. The monoisotopic (exact) mass is 342 g/mol. The third-order valence-corrected chi connectivity index (χ3v) is 2.81. The number of esters is 1. The van der Waals surface area contributed by atoms with Gasteiger partial charge in [0.2, 0.25) is 0 Å². The molecular weight excluding hydrogens is 333 g/mol. The van der Waals surface area contributed by atoms with Gasteiger partial charge >= 0.3 is 5.97 Å². The Kier molecular flexibility index (Phi) is 4.39. The van der Waals surface area contributed by atoms with Crippen LogP contribution in [0.4, 0.5) is 14.5 Å². The van der Waals surface area contributed by atoms with Crippen LogP contribution >= 0.6 is 22.6 Å². The average molecular weight is 342 g/mol. The van der Waals surface area contributed by atoms with Crippen LogP contribution < -0.4 is 5.73 Å². The maximum absolute atomic E-state index is 12.7. The number of carbonyl (C=O) groups is 1. The van der Waals surface area contributed by atoms with Crippen molar-refractivity contribution in [2.45, 2.75) is 12.8 Å². The number of hydrogen-bond acceptors (Lipinski definition) is 4. The summed E-state index contributed by atoms with van der Waals surface area (Å²) in [6, 6.07) is 0.